The summed E-state index contributed by atoms with van der Waals surface area (Å²) in [7, 11) is 0. The zero-order valence-corrected chi connectivity index (χ0v) is 12.8. The standard InChI is InChI=1S/C14H9Cl2F2NOS/c15-8-4-5-9(16)12(6-8)21-7-13(20)19-14-10(17)2-1-3-11(14)18/h1-6H,7H2,(H,19,20). The molecule has 2 nitrogen and oxygen atoms in total. The van der Waals surface area contributed by atoms with E-state index in [1.54, 1.807) is 18.2 Å². The zero-order chi connectivity index (χ0) is 15.4. The van der Waals surface area contributed by atoms with Gasteiger partial charge in [0.05, 0.1) is 10.8 Å². The minimum atomic E-state index is -0.825. The number of thioether (sulfide) groups is 1. The van der Waals surface area contributed by atoms with E-state index >= 15 is 0 Å². The summed E-state index contributed by atoms with van der Waals surface area (Å²) >= 11 is 12.9. The number of amides is 1. The van der Waals surface area contributed by atoms with E-state index in [0.29, 0.717) is 14.9 Å². The quantitative estimate of drug-likeness (QED) is 0.788. The molecule has 2 aromatic carbocycles. The second kappa shape index (κ2) is 7.11. The molecule has 110 valence electrons. The lowest BCUT2D eigenvalue weighted by Crippen LogP contribution is -2.16. The number of hydrogen-bond donors (Lipinski definition) is 1. The van der Waals surface area contributed by atoms with Gasteiger partial charge in [0.15, 0.2) is 0 Å². The average molecular weight is 348 g/mol. The van der Waals surface area contributed by atoms with Crippen LogP contribution in [0, 0.1) is 11.6 Å². The van der Waals surface area contributed by atoms with E-state index in [2.05, 4.69) is 5.32 Å². The Morgan fingerprint density at radius 3 is 2.48 bits per heavy atom. The summed E-state index contributed by atoms with van der Waals surface area (Å²) in [6.45, 7) is 0. The Morgan fingerprint density at radius 2 is 1.81 bits per heavy atom. The molecule has 0 radical (unpaired) electrons. The van der Waals surface area contributed by atoms with Crippen molar-refractivity contribution in [3.8, 4) is 0 Å². The Labute approximate surface area is 134 Å². The van der Waals surface area contributed by atoms with Crippen molar-refractivity contribution < 1.29 is 13.6 Å². The van der Waals surface area contributed by atoms with Crippen LogP contribution in [0.15, 0.2) is 41.3 Å². The fraction of sp³-hybridized carbons (Fsp3) is 0.0714. The van der Waals surface area contributed by atoms with Crippen molar-refractivity contribution in [3.05, 3.63) is 58.1 Å². The number of hydrogen-bond acceptors (Lipinski definition) is 2. The number of carbonyl (C=O) groups excluding carboxylic acids is 1. The molecule has 0 heterocycles. The van der Waals surface area contributed by atoms with Crippen LogP contribution in [0.3, 0.4) is 0 Å². The van der Waals surface area contributed by atoms with Gasteiger partial charge in [-0.3, -0.25) is 4.79 Å². The second-order valence-electron chi connectivity index (χ2n) is 4.01. The van der Waals surface area contributed by atoms with Gasteiger partial charge >= 0.3 is 0 Å². The maximum absolute atomic E-state index is 13.4. The van der Waals surface area contributed by atoms with Crippen LogP contribution in [0.2, 0.25) is 10.0 Å². The summed E-state index contributed by atoms with van der Waals surface area (Å²) in [5, 5.41) is 3.14. The van der Waals surface area contributed by atoms with Crippen LogP contribution < -0.4 is 5.32 Å². The lowest BCUT2D eigenvalue weighted by atomic mass is 10.3. The van der Waals surface area contributed by atoms with Crippen LogP contribution in [-0.2, 0) is 4.79 Å². The molecule has 0 bridgehead atoms. The monoisotopic (exact) mass is 347 g/mol. The van der Waals surface area contributed by atoms with Gasteiger partial charge in [-0.15, -0.1) is 11.8 Å². The lowest BCUT2D eigenvalue weighted by molar-refractivity contribution is -0.113. The number of carbonyl (C=O) groups is 1. The van der Waals surface area contributed by atoms with Gasteiger partial charge in [0.2, 0.25) is 5.91 Å². The summed E-state index contributed by atoms with van der Waals surface area (Å²) in [6, 6.07) is 8.22. The number of rotatable bonds is 4. The fourth-order valence-electron chi connectivity index (χ4n) is 1.52. The smallest absolute Gasteiger partial charge is 0.234 e. The van der Waals surface area contributed by atoms with Crippen molar-refractivity contribution in [3.63, 3.8) is 0 Å². The first kappa shape index (κ1) is 16.1. The van der Waals surface area contributed by atoms with Crippen LogP contribution in [0.25, 0.3) is 0 Å². The normalized spacial score (nSPS) is 10.5. The molecule has 0 aliphatic heterocycles. The van der Waals surface area contributed by atoms with E-state index in [4.69, 9.17) is 23.2 Å². The number of nitrogens with one attached hydrogen (secondary N) is 1. The average Bonchev–Trinajstić information content (AvgIpc) is 2.44. The molecule has 1 N–H and O–H groups in total. The number of para-hydroxylation sites is 1. The van der Waals surface area contributed by atoms with Gasteiger partial charge in [-0.2, -0.15) is 0 Å². The molecule has 0 aromatic heterocycles. The zero-order valence-electron chi connectivity index (χ0n) is 10.5. The highest BCUT2D eigenvalue weighted by Crippen LogP contribution is 2.30. The number of halogens is 4. The molecular formula is C14H9Cl2F2NOS. The van der Waals surface area contributed by atoms with Gasteiger partial charge in [-0.05, 0) is 30.3 Å². The van der Waals surface area contributed by atoms with E-state index in [9.17, 15) is 13.6 Å². The molecule has 0 aliphatic carbocycles. The molecule has 0 aliphatic rings. The third-order valence-corrected chi connectivity index (χ3v) is 4.21. The van der Waals surface area contributed by atoms with Crippen LogP contribution in [0.5, 0.6) is 0 Å². The second-order valence-corrected chi connectivity index (χ2v) is 5.87. The van der Waals surface area contributed by atoms with Crippen LogP contribution in [0.1, 0.15) is 0 Å². The molecule has 7 heteroatoms. The van der Waals surface area contributed by atoms with Gasteiger partial charge < -0.3 is 5.32 Å². The van der Waals surface area contributed by atoms with Crippen molar-refractivity contribution in [1.29, 1.82) is 0 Å². The Kier molecular flexibility index (Phi) is 5.45. The van der Waals surface area contributed by atoms with Crippen LogP contribution in [0.4, 0.5) is 14.5 Å². The van der Waals surface area contributed by atoms with E-state index < -0.39 is 23.2 Å². The first-order valence-corrected chi connectivity index (χ1v) is 7.53. The highest BCUT2D eigenvalue weighted by Gasteiger charge is 2.12. The highest BCUT2D eigenvalue weighted by atomic mass is 35.5. The summed E-state index contributed by atoms with van der Waals surface area (Å²) in [4.78, 5) is 12.4. The van der Waals surface area contributed by atoms with Crippen molar-refractivity contribution in [2.75, 3.05) is 11.1 Å². The van der Waals surface area contributed by atoms with Crippen LogP contribution >= 0.6 is 35.0 Å². The lowest BCUT2D eigenvalue weighted by Gasteiger charge is -2.08. The first-order chi connectivity index (χ1) is 9.97. The molecular weight excluding hydrogens is 339 g/mol. The molecule has 0 saturated heterocycles. The molecule has 0 fully saturated rings. The largest absolute Gasteiger partial charge is 0.320 e. The predicted molar refractivity (Wildman–Crippen MR) is 82.2 cm³/mol. The summed E-state index contributed by atoms with van der Waals surface area (Å²) in [5.41, 5.74) is -0.458. The Morgan fingerprint density at radius 1 is 1.14 bits per heavy atom. The summed E-state index contributed by atoms with van der Waals surface area (Å²) in [6.07, 6.45) is 0. The van der Waals surface area contributed by atoms with Crippen molar-refractivity contribution in [2.45, 2.75) is 4.90 Å². The van der Waals surface area contributed by atoms with Gasteiger partial charge in [0, 0.05) is 9.92 Å². The third-order valence-electron chi connectivity index (χ3n) is 2.48. The topological polar surface area (TPSA) is 29.1 Å². The first-order valence-electron chi connectivity index (χ1n) is 5.79. The molecule has 0 atom stereocenters. The SMILES string of the molecule is O=C(CSc1cc(Cl)ccc1Cl)Nc1c(F)cccc1F. The van der Waals surface area contributed by atoms with E-state index in [0.717, 1.165) is 23.9 Å². The Balaban J connectivity index is 2.01. The van der Waals surface area contributed by atoms with E-state index in [1.165, 1.54) is 6.07 Å². The molecule has 0 unspecified atom stereocenters. The minimum Gasteiger partial charge on any atom is -0.320 e. The van der Waals surface area contributed by atoms with Crippen LogP contribution in [-0.4, -0.2) is 11.7 Å². The maximum atomic E-state index is 13.4. The maximum Gasteiger partial charge on any atom is 0.234 e. The van der Waals surface area contributed by atoms with Gasteiger partial charge in [0.1, 0.15) is 17.3 Å². The van der Waals surface area contributed by atoms with E-state index in [-0.39, 0.29) is 5.75 Å². The molecule has 21 heavy (non-hydrogen) atoms. The van der Waals surface area contributed by atoms with Crippen molar-refractivity contribution in [2.24, 2.45) is 0 Å². The number of benzene rings is 2. The Hall–Kier alpha value is -1.30. The van der Waals surface area contributed by atoms with Gasteiger partial charge in [0.25, 0.3) is 0 Å². The molecule has 0 spiro atoms. The van der Waals surface area contributed by atoms with Crippen molar-refractivity contribution >= 4 is 46.6 Å². The fourth-order valence-corrected chi connectivity index (χ4v) is 2.82. The highest BCUT2D eigenvalue weighted by molar-refractivity contribution is 8.00. The summed E-state index contributed by atoms with van der Waals surface area (Å²) in [5.74, 6) is -2.24. The van der Waals surface area contributed by atoms with Crippen molar-refractivity contribution in [1.82, 2.24) is 0 Å². The molecule has 1 amide bonds. The third kappa shape index (κ3) is 4.33. The summed E-state index contributed by atoms with van der Waals surface area (Å²) < 4.78 is 26.8. The minimum absolute atomic E-state index is 0.0478. The van der Waals surface area contributed by atoms with E-state index in [1.807, 2.05) is 0 Å². The van der Waals surface area contributed by atoms with Gasteiger partial charge in [-0.25, -0.2) is 8.78 Å². The Bertz CT molecular complexity index is 662. The number of anilines is 1. The predicted octanol–water partition coefficient (Wildman–Crippen LogP) is 5.00. The molecule has 0 saturated carbocycles. The molecule has 2 aromatic rings. The van der Waals surface area contributed by atoms with Gasteiger partial charge in [-0.1, -0.05) is 29.3 Å². The molecule has 2 rings (SSSR count).